The standard InChI is InChI=1S/3C18H14N4O5S.Ga/c3*23-16-9-6-13(11-15(16)18(24)25)21-20-12-4-7-14(8-5-12)28(26,27)22-17-3-1-2-10-19-17;/h3*1-11,23H,(H,19,22)(H,24,25);/q;;;+3/p-3. The Balaban J connectivity index is 0.000000203. The Labute approximate surface area is 495 Å². The molecule has 0 spiro atoms. The number of pyridine rings is 3. The van der Waals surface area contributed by atoms with Gasteiger partial charge in [-0.1, -0.05) is 53.6 Å². The maximum atomic E-state index is 12.3. The third-order valence-corrected chi connectivity index (χ3v) is 14.7. The van der Waals surface area contributed by atoms with Crippen molar-refractivity contribution in [3.8, 4) is 17.2 Å². The third kappa shape index (κ3) is 18.4. The molecule has 85 heavy (non-hydrogen) atoms. The monoisotopic (exact) mass is 1260 g/mol. The summed E-state index contributed by atoms with van der Waals surface area (Å²) in [5.41, 5.74) is 0.386. The second-order valence-electron chi connectivity index (χ2n) is 16.5. The maximum Gasteiger partial charge on any atom is 3.00 e. The van der Waals surface area contributed by atoms with Gasteiger partial charge in [-0.2, -0.15) is 30.7 Å². The van der Waals surface area contributed by atoms with Gasteiger partial charge in [-0.05, 0) is 146 Å². The Bertz CT molecular complexity index is 3840. The van der Waals surface area contributed by atoms with Crippen LogP contribution in [0.3, 0.4) is 0 Å². The quantitative estimate of drug-likeness (QED) is 0.0345. The molecular weight excluding hydrogens is 1220 g/mol. The molecule has 0 radical (unpaired) electrons. The molecule has 0 bridgehead atoms. The number of nitrogens with zero attached hydrogens (tertiary/aromatic N) is 9. The molecule has 0 saturated heterocycles. The summed E-state index contributed by atoms with van der Waals surface area (Å²) in [5, 5.41) is 84.5. The summed E-state index contributed by atoms with van der Waals surface area (Å²) in [5.74, 6) is -5.33. The number of hydrogen-bond donors (Lipinski definition) is 6. The minimum Gasteiger partial charge on any atom is -0.872 e. The van der Waals surface area contributed by atoms with E-state index in [1.54, 1.807) is 36.4 Å². The van der Waals surface area contributed by atoms with Gasteiger partial charge in [-0.15, -0.1) is 0 Å². The van der Waals surface area contributed by atoms with Crippen LogP contribution in [0, 0.1) is 0 Å². The predicted molar refractivity (Wildman–Crippen MR) is 301 cm³/mol. The molecule has 6 aromatic carbocycles. The van der Waals surface area contributed by atoms with Gasteiger partial charge in [-0.3, -0.25) is 14.2 Å². The van der Waals surface area contributed by atoms with Crippen LogP contribution in [0.15, 0.2) is 246 Å². The van der Waals surface area contributed by atoms with E-state index in [4.69, 9.17) is 15.3 Å². The van der Waals surface area contributed by atoms with Gasteiger partial charge >= 0.3 is 37.7 Å². The SMILES string of the molecule is O=C(O)c1cc(N=Nc2ccc(S(=O)(=O)Nc3ccccn3)cc2)ccc1[O-].O=C(O)c1cc(N=Nc2ccc(S(=O)(=O)Nc3ccccn3)cc2)ccc1[O-].O=C(O)c1cc(N=Nc2ccc(S(=O)(=O)Nc3ccccn3)cc2)ccc1[O-].[Ga+3]. The van der Waals surface area contributed by atoms with E-state index in [2.05, 4.69) is 59.8 Å². The molecule has 31 heteroatoms. The van der Waals surface area contributed by atoms with E-state index >= 15 is 0 Å². The van der Waals surface area contributed by atoms with Crippen molar-refractivity contribution in [1.29, 1.82) is 0 Å². The predicted octanol–water partition coefficient (Wildman–Crippen LogP) is 8.83. The van der Waals surface area contributed by atoms with E-state index in [1.165, 1.54) is 128 Å². The molecule has 6 N–H and O–H groups in total. The van der Waals surface area contributed by atoms with Crippen molar-refractivity contribution < 1.29 is 70.3 Å². The number of aromatic carboxylic acids is 3. The zero-order valence-electron chi connectivity index (χ0n) is 43.1. The van der Waals surface area contributed by atoms with Gasteiger partial charge in [0.25, 0.3) is 30.1 Å². The zero-order chi connectivity index (χ0) is 60.4. The van der Waals surface area contributed by atoms with Gasteiger partial charge in [0, 0.05) is 18.6 Å². The molecule has 0 saturated carbocycles. The Hall–Kier alpha value is -10.7. The molecule has 0 unspecified atom stereocenters. The molecule has 0 aliphatic rings. The minimum atomic E-state index is -3.80. The summed E-state index contributed by atoms with van der Waals surface area (Å²) >= 11 is 0. The van der Waals surface area contributed by atoms with Crippen LogP contribution in [0.2, 0.25) is 0 Å². The number of benzene rings is 6. The van der Waals surface area contributed by atoms with Gasteiger partial charge in [0.15, 0.2) is 0 Å². The fourth-order valence-corrected chi connectivity index (χ4v) is 9.55. The van der Waals surface area contributed by atoms with Crippen LogP contribution in [0.4, 0.5) is 51.6 Å². The van der Waals surface area contributed by atoms with Gasteiger partial charge in [0.05, 0.1) is 65.5 Å². The first-order valence-corrected chi connectivity index (χ1v) is 28.0. The number of hydrogen-bond acceptors (Lipinski definition) is 21. The van der Waals surface area contributed by atoms with Crippen molar-refractivity contribution in [2.45, 2.75) is 14.7 Å². The number of azo groups is 3. The van der Waals surface area contributed by atoms with Crippen molar-refractivity contribution >= 4 is 119 Å². The van der Waals surface area contributed by atoms with Crippen LogP contribution >= 0.6 is 0 Å². The van der Waals surface area contributed by atoms with Crippen molar-refractivity contribution in [2.75, 3.05) is 14.2 Å². The van der Waals surface area contributed by atoms with Gasteiger partial charge in [0.1, 0.15) is 17.5 Å². The topological polar surface area (TPSA) is 432 Å². The number of carboxylic acids is 3. The Morgan fingerprint density at radius 2 is 0.565 bits per heavy atom. The minimum absolute atomic E-state index is 0. The molecule has 9 rings (SSSR count). The van der Waals surface area contributed by atoms with Crippen molar-refractivity contribution in [3.05, 3.63) is 217 Å². The van der Waals surface area contributed by atoms with Gasteiger partial charge in [-0.25, -0.2) is 54.6 Å². The summed E-state index contributed by atoms with van der Waals surface area (Å²) in [6.45, 7) is 0. The van der Waals surface area contributed by atoms with Gasteiger partial charge < -0.3 is 30.6 Å². The van der Waals surface area contributed by atoms with E-state index in [9.17, 15) is 55.0 Å². The van der Waals surface area contributed by atoms with Crippen LogP contribution in [-0.2, 0) is 30.1 Å². The van der Waals surface area contributed by atoms with Crippen molar-refractivity contribution in [1.82, 2.24) is 15.0 Å². The number of carboxylic acid groups (broad SMARTS) is 3. The normalized spacial score (nSPS) is 11.3. The molecule has 426 valence electrons. The first-order valence-electron chi connectivity index (χ1n) is 23.6. The van der Waals surface area contributed by atoms with Crippen LogP contribution in [0.1, 0.15) is 31.1 Å². The van der Waals surface area contributed by atoms with Crippen LogP contribution < -0.4 is 29.5 Å². The Morgan fingerprint density at radius 1 is 0.341 bits per heavy atom. The molecule has 0 amide bonds. The summed E-state index contributed by atoms with van der Waals surface area (Å²) in [7, 11) is -11.4. The largest absolute Gasteiger partial charge is 3.00 e. The smallest absolute Gasteiger partial charge is 0.872 e. The van der Waals surface area contributed by atoms with E-state index in [0.29, 0.717) is 17.1 Å². The first-order chi connectivity index (χ1) is 40.0. The molecule has 0 atom stereocenters. The zero-order valence-corrected chi connectivity index (χ0v) is 48.0. The Morgan fingerprint density at radius 3 is 0.776 bits per heavy atom. The van der Waals surface area contributed by atoms with Crippen LogP contribution in [0.5, 0.6) is 17.2 Å². The maximum absolute atomic E-state index is 12.3. The second-order valence-corrected chi connectivity index (χ2v) is 21.5. The van der Waals surface area contributed by atoms with Gasteiger partial charge in [0.2, 0.25) is 0 Å². The number of anilines is 3. The molecule has 0 fully saturated rings. The summed E-state index contributed by atoms with van der Waals surface area (Å²) < 4.78 is 81.1. The number of nitrogens with one attached hydrogen (secondary N) is 3. The number of sulfonamides is 3. The average molecular weight is 1260 g/mol. The fraction of sp³-hybridized carbons (Fsp3) is 0. The molecule has 0 aliphatic carbocycles. The number of rotatable bonds is 18. The van der Waals surface area contributed by atoms with E-state index in [1.807, 2.05) is 0 Å². The summed E-state index contributed by atoms with van der Waals surface area (Å²) in [6.07, 6.45) is 4.41. The van der Waals surface area contributed by atoms with Crippen LogP contribution in [0.25, 0.3) is 0 Å². The Kier molecular flexibility index (Phi) is 21.5. The molecule has 3 heterocycles. The molecule has 0 aliphatic heterocycles. The van der Waals surface area contributed by atoms with Crippen molar-refractivity contribution in [2.24, 2.45) is 30.7 Å². The molecule has 3 aromatic heterocycles. The fourth-order valence-electron chi connectivity index (χ4n) is 6.52. The average Bonchev–Trinajstić information content (AvgIpc) is 3.52. The van der Waals surface area contributed by atoms with Crippen LogP contribution in [-0.4, -0.2) is 93.2 Å². The summed E-state index contributed by atoms with van der Waals surface area (Å²) in [6, 6.07) is 42.0. The molecule has 9 aromatic rings. The first kappa shape index (κ1) is 63.4. The van der Waals surface area contributed by atoms with Crippen molar-refractivity contribution in [3.63, 3.8) is 0 Å². The van der Waals surface area contributed by atoms with E-state index < -0.39 is 81.9 Å². The number of aromatic nitrogens is 3. The molecule has 27 nitrogen and oxygen atoms in total. The third-order valence-electron chi connectivity index (χ3n) is 10.6. The van der Waals surface area contributed by atoms with E-state index in [0.717, 1.165) is 36.4 Å². The van der Waals surface area contributed by atoms with E-state index in [-0.39, 0.29) is 69.0 Å². The summed E-state index contributed by atoms with van der Waals surface area (Å²) in [4.78, 5) is 44.7. The second kappa shape index (κ2) is 28.8. The number of carbonyl (C=O) groups is 3. The molecular formula is C54H39GaN12O15S3.